The standard InChI is InChI=1S/C25H28FN5O6.2Na/c1-13(2)22-18(9-8-16(32)10-17(33)11-21(34)35)23(14-4-6-15(26)7-5-14)29-25(28-22)27-20-12-19(24(36)37)30-31(20)3;;/h4-9,12-13,16-17,32-33H,10-11H2,1-3H3,(H,34,35)(H,36,37)(H,27,28,29);;/q;2*+1/p-2/b9-8+;;/t16-,17-;;/m1../s1. The number of hydrogen-bond acceptors (Lipinski definition) is 10. The van der Waals surface area contributed by atoms with Gasteiger partial charge in [-0.3, -0.25) is 4.68 Å². The Morgan fingerprint density at radius 3 is 2.31 bits per heavy atom. The van der Waals surface area contributed by atoms with Gasteiger partial charge in [0.1, 0.15) is 17.3 Å². The molecule has 0 fully saturated rings. The molecule has 2 atom stereocenters. The number of carbonyl (C=O) groups is 2. The molecular formula is C25H26FN5Na2O6. The average Bonchev–Trinajstić information content (AvgIpc) is 3.18. The zero-order chi connectivity index (χ0) is 27.3. The van der Waals surface area contributed by atoms with E-state index in [2.05, 4.69) is 20.4 Å². The molecule has 1 aromatic carbocycles. The third-order valence-corrected chi connectivity index (χ3v) is 5.37. The Kier molecular flexibility index (Phi) is 13.9. The van der Waals surface area contributed by atoms with Crippen LogP contribution >= 0.6 is 0 Å². The van der Waals surface area contributed by atoms with E-state index in [-0.39, 0.29) is 83.1 Å². The number of aromatic nitrogens is 4. The van der Waals surface area contributed by atoms with Gasteiger partial charge in [-0.1, -0.05) is 26.0 Å². The monoisotopic (exact) mass is 557 g/mol. The van der Waals surface area contributed by atoms with Crippen molar-refractivity contribution in [3.05, 3.63) is 59.2 Å². The van der Waals surface area contributed by atoms with Crippen LogP contribution in [0.3, 0.4) is 0 Å². The summed E-state index contributed by atoms with van der Waals surface area (Å²) in [7, 11) is 1.53. The van der Waals surface area contributed by atoms with Gasteiger partial charge in [0.05, 0.1) is 29.6 Å². The predicted octanol–water partition coefficient (Wildman–Crippen LogP) is -5.48. The molecule has 11 nitrogen and oxygen atoms in total. The summed E-state index contributed by atoms with van der Waals surface area (Å²) in [4.78, 5) is 31.0. The quantitative estimate of drug-likeness (QED) is 0.193. The molecule has 3 aromatic rings. The first kappa shape index (κ1) is 34.9. The number of carboxylic acid groups (broad SMARTS) is 2. The Hall–Kier alpha value is -2.16. The molecule has 39 heavy (non-hydrogen) atoms. The Labute approximate surface area is 268 Å². The van der Waals surface area contributed by atoms with Crippen LogP contribution < -0.4 is 74.6 Å². The van der Waals surface area contributed by atoms with E-state index in [1.807, 2.05) is 13.8 Å². The number of hydrogen-bond donors (Lipinski definition) is 3. The summed E-state index contributed by atoms with van der Waals surface area (Å²) in [5, 5.41) is 48.8. The van der Waals surface area contributed by atoms with Gasteiger partial charge < -0.3 is 35.3 Å². The minimum Gasteiger partial charge on any atom is -0.550 e. The van der Waals surface area contributed by atoms with Gasteiger partial charge in [0.15, 0.2) is 0 Å². The predicted molar refractivity (Wildman–Crippen MR) is 128 cm³/mol. The Balaban J connectivity index is 0.00000380. The van der Waals surface area contributed by atoms with Crippen LogP contribution in [-0.4, -0.2) is 54.1 Å². The number of benzene rings is 1. The van der Waals surface area contributed by atoms with Crippen molar-refractivity contribution in [1.29, 1.82) is 0 Å². The maximum Gasteiger partial charge on any atom is 1.00 e. The second-order valence-corrected chi connectivity index (χ2v) is 8.70. The Bertz CT molecular complexity index is 1320. The van der Waals surface area contributed by atoms with Gasteiger partial charge in [0, 0.05) is 43.1 Å². The summed E-state index contributed by atoms with van der Waals surface area (Å²) in [5.74, 6) is -3.05. The van der Waals surface area contributed by atoms with E-state index < -0.39 is 36.4 Å². The fraction of sp³-hybridized carbons (Fsp3) is 0.320. The molecule has 3 N–H and O–H groups in total. The van der Waals surface area contributed by atoms with Crippen LogP contribution in [0.25, 0.3) is 17.3 Å². The number of nitrogens with one attached hydrogen (secondary N) is 1. The van der Waals surface area contributed by atoms with Gasteiger partial charge in [-0.05, 0) is 30.2 Å². The molecule has 0 saturated carbocycles. The first-order valence-corrected chi connectivity index (χ1v) is 11.4. The Morgan fingerprint density at radius 1 is 1.13 bits per heavy atom. The van der Waals surface area contributed by atoms with Crippen molar-refractivity contribution in [2.45, 2.75) is 44.8 Å². The average molecular weight is 557 g/mol. The van der Waals surface area contributed by atoms with Crippen LogP contribution in [0.2, 0.25) is 0 Å². The molecule has 0 aliphatic rings. The molecule has 14 heteroatoms. The second-order valence-electron chi connectivity index (χ2n) is 8.70. The molecule has 2 aromatic heterocycles. The van der Waals surface area contributed by atoms with Crippen molar-refractivity contribution in [2.24, 2.45) is 7.05 Å². The van der Waals surface area contributed by atoms with Crippen molar-refractivity contribution in [1.82, 2.24) is 19.7 Å². The smallest absolute Gasteiger partial charge is 0.550 e. The number of halogens is 1. The van der Waals surface area contributed by atoms with E-state index in [1.54, 1.807) is 6.08 Å². The van der Waals surface area contributed by atoms with Crippen molar-refractivity contribution < 1.29 is 93.5 Å². The molecule has 2 heterocycles. The first-order valence-electron chi connectivity index (χ1n) is 11.4. The molecule has 0 amide bonds. The van der Waals surface area contributed by atoms with Crippen LogP contribution in [0.1, 0.15) is 54.4 Å². The van der Waals surface area contributed by atoms with Gasteiger partial charge in [0.2, 0.25) is 5.95 Å². The first-order chi connectivity index (χ1) is 17.4. The van der Waals surface area contributed by atoms with E-state index in [0.717, 1.165) is 0 Å². The molecule has 0 aliphatic heterocycles. The van der Waals surface area contributed by atoms with Crippen LogP contribution in [0, 0.1) is 5.82 Å². The number of aliphatic hydroxyl groups is 2. The van der Waals surface area contributed by atoms with E-state index in [1.165, 1.54) is 48.1 Å². The maximum atomic E-state index is 13.6. The number of rotatable bonds is 11. The van der Waals surface area contributed by atoms with Crippen molar-refractivity contribution in [3.63, 3.8) is 0 Å². The zero-order valence-corrected chi connectivity index (χ0v) is 26.4. The number of anilines is 2. The van der Waals surface area contributed by atoms with Gasteiger partial charge in [-0.15, -0.1) is 0 Å². The van der Waals surface area contributed by atoms with Gasteiger partial charge >= 0.3 is 59.1 Å². The van der Waals surface area contributed by atoms with E-state index in [4.69, 9.17) is 0 Å². The van der Waals surface area contributed by atoms with E-state index >= 15 is 0 Å². The third kappa shape index (κ3) is 9.76. The molecular weight excluding hydrogens is 531 g/mol. The van der Waals surface area contributed by atoms with Crippen LogP contribution in [0.4, 0.5) is 16.2 Å². The molecule has 0 bridgehead atoms. The summed E-state index contributed by atoms with van der Waals surface area (Å²) in [6, 6.07) is 6.87. The van der Waals surface area contributed by atoms with Crippen molar-refractivity contribution >= 4 is 29.8 Å². The van der Waals surface area contributed by atoms with Gasteiger partial charge in [-0.2, -0.15) is 5.10 Å². The maximum absolute atomic E-state index is 13.6. The van der Waals surface area contributed by atoms with Crippen LogP contribution in [-0.2, 0) is 11.8 Å². The molecule has 0 aliphatic carbocycles. The van der Waals surface area contributed by atoms with E-state index in [0.29, 0.717) is 28.3 Å². The minimum absolute atomic E-state index is 0. The molecule has 3 rings (SSSR count). The number of nitrogens with zero attached hydrogens (tertiary/aromatic N) is 4. The molecule has 0 saturated heterocycles. The summed E-state index contributed by atoms with van der Waals surface area (Å²) < 4.78 is 14.9. The van der Waals surface area contributed by atoms with Crippen LogP contribution in [0.5, 0.6) is 0 Å². The SMILES string of the molecule is CC(C)c1nc(Nc2cc(C(=O)[O-])nn2C)nc(-c2ccc(F)cc2)c1/C=C/[C@@H](O)C[C@@H](O)CC(=O)[O-].[Na+].[Na+]. The number of aliphatic carboxylic acids is 1. The number of aliphatic hydroxyl groups excluding tert-OH is 2. The summed E-state index contributed by atoms with van der Waals surface area (Å²) >= 11 is 0. The molecule has 0 radical (unpaired) electrons. The summed E-state index contributed by atoms with van der Waals surface area (Å²) in [5.41, 5.74) is 1.73. The fourth-order valence-electron chi connectivity index (χ4n) is 3.61. The number of aryl methyl sites for hydroxylation is 1. The summed E-state index contributed by atoms with van der Waals surface area (Å²) in [6.45, 7) is 3.77. The largest absolute Gasteiger partial charge is 1.00 e. The molecule has 0 unspecified atom stereocenters. The summed E-state index contributed by atoms with van der Waals surface area (Å²) in [6.07, 6.45) is -0.359. The number of carboxylic acids is 2. The fourth-order valence-corrected chi connectivity index (χ4v) is 3.61. The van der Waals surface area contributed by atoms with Crippen LogP contribution in [0.15, 0.2) is 36.4 Å². The van der Waals surface area contributed by atoms with Gasteiger partial charge in [-0.25, -0.2) is 14.4 Å². The Morgan fingerprint density at radius 2 is 1.77 bits per heavy atom. The normalized spacial score (nSPS) is 12.5. The number of carbonyl (C=O) groups excluding carboxylic acids is 2. The third-order valence-electron chi connectivity index (χ3n) is 5.37. The topological polar surface area (TPSA) is 176 Å². The zero-order valence-electron chi connectivity index (χ0n) is 22.4. The van der Waals surface area contributed by atoms with Crippen molar-refractivity contribution in [3.8, 4) is 11.3 Å². The molecule has 196 valence electrons. The van der Waals surface area contributed by atoms with Gasteiger partial charge in [0.25, 0.3) is 0 Å². The minimum atomic E-state index is -1.44. The van der Waals surface area contributed by atoms with E-state index in [9.17, 15) is 34.4 Å². The number of aromatic carboxylic acids is 1. The van der Waals surface area contributed by atoms with Crippen molar-refractivity contribution in [2.75, 3.05) is 5.32 Å². The second kappa shape index (κ2) is 15.6. The molecule has 0 spiro atoms.